The molecule has 10 nitrogen and oxygen atoms in total. The van der Waals surface area contributed by atoms with Crippen molar-refractivity contribution in [1.29, 1.82) is 0 Å². The van der Waals surface area contributed by atoms with Crippen LogP contribution in [0.25, 0.3) is 0 Å². The molecule has 1 aliphatic heterocycles. The quantitative estimate of drug-likeness (QED) is 0.230. The standard InChI is InChI=1S/C30H43Cl2N5O5/c1-28(2,3)23(35-27(42)36-29-10-15-6-16(11-29)8-17(7-15)12-29)26(41)37-13-18-20(30(18,31)32)21(37)25(40)34-19(9-14-4-5-14)22(38)24(33)39/h14-21,23H,4-13H2,1-3H3,(H2,33,39)(H,34,40)(H2,35,36,42)/t15?,16?,17?,18-,19?,20-,21-,23+,29?/m0/s1. The molecule has 6 saturated carbocycles. The number of halogens is 2. The zero-order chi connectivity index (χ0) is 30.4. The highest BCUT2D eigenvalue weighted by Crippen LogP contribution is 2.65. The van der Waals surface area contributed by atoms with Gasteiger partial charge in [-0.2, -0.15) is 0 Å². The number of Topliss-reactive ketones (excluding diaryl/α,β-unsaturated/α-hetero) is 1. The number of likely N-dealkylation sites (tertiary alicyclic amines) is 1. The van der Waals surface area contributed by atoms with Crippen LogP contribution >= 0.6 is 23.2 Å². The zero-order valence-electron chi connectivity index (χ0n) is 24.6. The average molecular weight is 625 g/mol. The summed E-state index contributed by atoms with van der Waals surface area (Å²) in [6, 6.07) is -3.40. The maximum atomic E-state index is 14.2. The second-order valence-electron chi connectivity index (χ2n) is 15.3. The lowest BCUT2D eigenvalue weighted by atomic mass is 9.53. The van der Waals surface area contributed by atoms with E-state index in [1.54, 1.807) is 0 Å². The molecule has 12 heteroatoms. The van der Waals surface area contributed by atoms with Gasteiger partial charge in [0.15, 0.2) is 0 Å². The Morgan fingerprint density at radius 3 is 2.02 bits per heavy atom. The molecule has 5 atom stereocenters. The fourth-order valence-corrected chi connectivity index (χ4v) is 9.79. The minimum atomic E-state index is -1.18. The Hall–Kier alpha value is -2.07. The third-order valence-electron chi connectivity index (χ3n) is 10.8. The number of alkyl halides is 2. The summed E-state index contributed by atoms with van der Waals surface area (Å²) in [6.45, 7) is 5.77. The Labute approximate surface area is 256 Å². The van der Waals surface area contributed by atoms with Gasteiger partial charge in [-0.25, -0.2) is 4.79 Å². The second-order valence-corrected chi connectivity index (χ2v) is 16.8. The van der Waals surface area contributed by atoms with Crippen LogP contribution in [0, 0.1) is 40.9 Å². The van der Waals surface area contributed by atoms with E-state index in [1.165, 1.54) is 24.2 Å². The van der Waals surface area contributed by atoms with Crippen molar-refractivity contribution in [3.05, 3.63) is 0 Å². The first-order valence-electron chi connectivity index (χ1n) is 15.5. The highest BCUT2D eigenvalue weighted by molar-refractivity contribution is 6.51. The Balaban J connectivity index is 1.18. The third kappa shape index (κ3) is 5.51. The molecule has 0 spiro atoms. The molecule has 1 saturated heterocycles. The van der Waals surface area contributed by atoms with Crippen LogP contribution in [-0.2, 0) is 19.2 Å². The summed E-state index contributed by atoms with van der Waals surface area (Å²) in [5.74, 6) is -1.63. The van der Waals surface area contributed by atoms with Crippen LogP contribution in [0.1, 0.15) is 78.6 Å². The highest BCUT2D eigenvalue weighted by Gasteiger charge is 2.74. The number of nitrogens with two attached hydrogens (primary N) is 1. The number of rotatable bonds is 9. The fraction of sp³-hybridized carbons (Fsp3) is 0.833. The summed E-state index contributed by atoms with van der Waals surface area (Å²) in [4.78, 5) is 67.0. The van der Waals surface area contributed by atoms with Gasteiger partial charge < -0.3 is 26.6 Å². The van der Waals surface area contributed by atoms with Crippen molar-refractivity contribution < 1.29 is 24.0 Å². The summed E-state index contributed by atoms with van der Waals surface area (Å²) >= 11 is 13.0. The van der Waals surface area contributed by atoms with Crippen molar-refractivity contribution in [2.45, 2.75) is 107 Å². The van der Waals surface area contributed by atoms with E-state index >= 15 is 0 Å². The summed E-state index contributed by atoms with van der Waals surface area (Å²) in [5, 5.41) is 8.95. The van der Waals surface area contributed by atoms with Gasteiger partial charge in [0.2, 0.25) is 17.6 Å². The van der Waals surface area contributed by atoms with Gasteiger partial charge in [-0.05, 0) is 74.0 Å². The molecule has 232 valence electrons. The molecule has 6 aliphatic carbocycles. The molecular weight excluding hydrogens is 581 g/mol. The zero-order valence-corrected chi connectivity index (χ0v) is 26.1. The minimum Gasteiger partial charge on any atom is -0.363 e. The van der Waals surface area contributed by atoms with Gasteiger partial charge in [0.25, 0.3) is 5.91 Å². The number of carbonyl (C=O) groups is 5. The second kappa shape index (κ2) is 10.2. The molecule has 0 radical (unpaired) electrons. The Morgan fingerprint density at radius 1 is 0.952 bits per heavy atom. The van der Waals surface area contributed by atoms with Gasteiger partial charge in [-0.1, -0.05) is 33.6 Å². The van der Waals surface area contributed by atoms with Crippen LogP contribution in [0.4, 0.5) is 4.79 Å². The van der Waals surface area contributed by atoms with Crippen LogP contribution in [0.3, 0.4) is 0 Å². The smallest absolute Gasteiger partial charge is 0.315 e. The lowest BCUT2D eigenvalue weighted by molar-refractivity contribution is -0.144. The average Bonchev–Trinajstić information content (AvgIpc) is 3.71. The van der Waals surface area contributed by atoms with E-state index in [2.05, 4.69) is 16.0 Å². The summed E-state index contributed by atoms with van der Waals surface area (Å²) in [6.07, 6.45) is 8.84. The minimum absolute atomic E-state index is 0.149. The SMILES string of the molecule is CC(C)(C)[C@H](NC(=O)NC12CC3CC(CC(C3)C1)C2)C(=O)N1C[C@H]2[C@@H]([C@H]1C(=O)NC(CC1CC1)C(=O)C(N)=O)C2(Cl)Cl. The van der Waals surface area contributed by atoms with Crippen molar-refractivity contribution in [2.75, 3.05) is 6.54 Å². The number of hydrogen-bond acceptors (Lipinski definition) is 5. The van der Waals surface area contributed by atoms with E-state index in [0.29, 0.717) is 24.2 Å². The molecule has 5 amide bonds. The monoisotopic (exact) mass is 623 g/mol. The van der Waals surface area contributed by atoms with Crippen LogP contribution in [0.5, 0.6) is 0 Å². The van der Waals surface area contributed by atoms with Crippen LogP contribution in [0.15, 0.2) is 0 Å². The number of ketones is 1. The summed E-state index contributed by atoms with van der Waals surface area (Å²) < 4.78 is -1.18. The van der Waals surface area contributed by atoms with Crippen molar-refractivity contribution in [1.82, 2.24) is 20.9 Å². The van der Waals surface area contributed by atoms with E-state index < -0.39 is 57.3 Å². The van der Waals surface area contributed by atoms with Crippen LogP contribution in [0.2, 0.25) is 0 Å². The number of fused-ring (bicyclic) bond motifs is 1. The molecular formula is C30H43Cl2N5O5. The number of urea groups is 1. The Morgan fingerprint density at radius 2 is 1.52 bits per heavy atom. The predicted octanol–water partition coefficient (Wildman–Crippen LogP) is 2.64. The van der Waals surface area contributed by atoms with Crippen molar-refractivity contribution in [3.63, 3.8) is 0 Å². The van der Waals surface area contributed by atoms with E-state index in [4.69, 9.17) is 28.9 Å². The Kier molecular flexibility index (Phi) is 7.31. The van der Waals surface area contributed by atoms with E-state index in [9.17, 15) is 24.0 Å². The van der Waals surface area contributed by atoms with Gasteiger partial charge >= 0.3 is 6.03 Å². The number of carbonyl (C=O) groups excluding carboxylic acids is 5. The van der Waals surface area contributed by atoms with Gasteiger partial charge in [0, 0.05) is 23.9 Å². The van der Waals surface area contributed by atoms with Crippen LogP contribution in [-0.4, -0.2) is 69.0 Å². The third-order valence-corrected chi connectivity index (χ3v) is 11.9. The molecule has 7 fully saturated rings. The lowest BCUT2D eigenvalue weighted by Gasteiger charge is -2.56. The largest absolute Gasteiger partial charge is 0.363 e. The van der Waals surface area contributed by atoms with Gasteiger partial charge in [-0.15, -0.1) is 23.2 Å². The fourth-order valence-electron chi connectivity index (χ4n) is 8.97. The van der Waals surface area contributed by atoms with E-state index in [-0.39, 0.29) is 30.0 Å². The number of hydrogen-bond donors (Lipinski definition) is 4. The predicted molar refractivity (Wildman–Crippen MR) is 156 cm³/mol. The molecule has 7 aliphatic rings. The molecule has 4 bridgehead atoms. The normalized spacial score (nSPS) is 36.9. The number of piperidine rings is 1. The maximum absolute atomic E-state index is 14.2. The first-order valence-corrected chi connectivity index (χ1v) is 16.2. The van der Waals surface area contributed by atoms with Crippen molar-refractivity contribution >= 4 is 52.7 Å². The molecule has 0 aromatic carbocycles. The molecule has 7 rings (SSSR count). The number of primary amides is 1. The maximum Gasteiger partial charge on any atom is 0.315 e. The molecule has 5 N–H and O–H groups in total. The van der Waals surface area contributed by atoms with Gasteiger partial charge in [0.1, 0.15) is 16.4 Å². The van der Waals surface area contributed by atoms with Crippen LogP contribution < -0.4 is 21.7 Å². The molecule has 1 heterocycles. The molecule has 0 aromatic rings. The number of amides is 5. The van der Waals surface area contributed by atoms with Crippen molar-refractivity contribution in [3.8, 4) is 0 Å². The topological polar surface area (TPSA) is 151 Å². The first kappa shape index (κ1) is 30.0. The molecule has 1 unspecified atom stereocenters. The van der Waals surface area contributed by atoms with E-state index in [0.717, 1.165) is 32.1 Å². The number of nitrogens with one attached hydrogen (secondary N) is 3. The van der Waals surface area contributed by atoms with Gasteiger partial charge in [-0.3, -0.25) is 19.2 Å². The van der Waals surface area contributed by atoms with Gasteiger partial charge in [0.05, 0.1) is 6.04 Å². The molecule has 0 aromatic heterocycles. The summed E-state index contributed by atoms with van der Waals surface area (Å²) in [7, 11) is 0. The highest BCUT2D eigenvalue weighted by atomic mass is 35.5. The molecule has 42 heavy (non-hydrogen) atoms. The first-order chi connectivity index (χ1) is 19.6. The van der Waals surface area contributed by atoms with Crippen molar-refractivity contribution in [2.24, 2.45) is 46.7 Å². The Bertz CT molecular complexity index is 1160. The van der Waals surface area contributed by atoms with E-state index in [1.807, 2.05) is 20.8 Å². The lowest BCUT2D eigenvalue weighted by Crippen LogP contribution is -2.65. The summed E-state index contributed by atoms with van der Waals surface area (Å²) in [5.41, 5.74) is 4.38. The number of nitrogens with zero attached hydrogens (tertiary/aromatic N) is 1.